The van der Waals surface area contributed by atoms with Crippen LogP contribution in [0.5, 0.6) is 0 Å². The molecule has 0 unspecified atom stereocenters. The van der Waals surface area contributed by atoms with Crippen LogP contribution < -0.4 is 4.90 Å². The van der Waals surface area contributed by atoms with Crippen LogP contribution >= 0.6 is 11.3 Å². The molecule has 0 N–H and O–H groups in total. The number of fused-ring (bicyclic) bond motifs is 5. The van der Waals surface area contributed by atoms with E-state index >= 15 is 0 Å². The van der Waals surface area contributed by atoms with Crippen molar-refractivity contribution in [3.63, 3.8) is 0 Å². The number of benzene rings is 8. The van der Waals surface area contributed by atoms with Gasteiger partial charge in [0.15, 0.2) is 0 Å². The highest BCUT2D eigenvalue weighted by molar-refractivity contribution is 7.26. The van der Waals surface area contributed by atoms with Crippen LogP contribution in [0.3, 0.4) is 0 Å². The summed E-state index contributed by atoms with van der Waals surface area (Å²) < 4.78 is 2.58. The average molecular weight is 604 g/mol. The van der Waals surface area contributed by atoms with Crippen molar-refractivity contribution in [2.75, 3.05) is 4.90 Å². The van der Waals surface area contributed by atoms with Crippen LogP contribution in [-0.2, 0) is 0 Å². The van der Waals surface area contributed by atoms with Crippen LogP contribution in [0.25, 0.3) is 64.0 Å². The Morgan fingerprint density at radius 1 is 0.391 bits per heavy atom. The molecule has 216 valence electrons. The van der Waals surface area contributed by atoms with Crippen molar-refractivity contribution in [3.8, 4) is 22.3 Å². The quantitative estimate of drug-likeness (QED) is 0.189. The molecule has 0 radical (unpaired) electrons. The average Bonchev–Trinajstić information content (AvgIpc) is 3.52. The van der Waals surface area contributed by atoms with Crippen molar-refractivity contribution >= 4 is 70.1 Å². The summed E-state index contributed by atoms with van der Waals surface area (Å²) in [6.07, 6.45) is 0. The zero-order valence-electron chi connectivity index (χ0n) is 25.1. The maximum Gasteiger partial charge on any atom is 0.0640 e. The molecule has 0 spiro atoms. The van der Waals surface area contributed by atoms with Gasteiger partial charge in [0, 0.05) is 26.8 Å². The molecule has 9 rings (SSSR count). The Kier molecular flexibility index (Phi) is 6.40. The van der Waals surface area contributed by atoms with Gasteiger partial charge in [-0.05, 0) is 86.3 Å². The molecule has 0 aliphatic rings. The molecule has 0 aliphatic carbocycles. The van der Waals surface area contributed by atoms with Crippen molar-refractivity contribution in [2.45, 2.75) is 0 Å². The first-order valence-corrected chi connectivity index (χ1v) is 16.5. The molecular weight excluding hydrogens is 575 g/mol. The SMILES string of the molecule is c1ccc(N(c2ccc(-c3ccc4ccccc4c3)cc2)c2cccc3c2sc2cccc(-c4cccc5ccccc45)c23)cc1. The molecule has 0 saturated heterocycles. The van der Waals surface area contributed by atoms with Crippen LogP contribution in [0.1, 0.15) is 0 Å². The second-order valence-electron chi connectivity index (χ2n) is 11.7. The third-order valence-corrected chi connectivity index (χ3v) is 10.2. The summed E-state index contributed by atoms with van der Waals surface area (Å²) in [5, 5.41) is 7.67. The predicted molar refractivity (Wildman–Crippen MR) is 200 cm³/mol. The molecule has 1 aromatic heterocycles. The minimum absolute atomic E-state index is 1.13. The van der Waals surface area contributed by atoms with Gasteiger partial charge in [-0.1, -0.05) is 133 Å². The molecule has 0 aliphatic heterocycles. The molecule has 0 atom stereocenters. The molecule has 2 heteroatoms. The number of hydrogen-bond donors (Lipinski definition) is 0. The molecule has 0 saturated carbocycles. The van der Waals surface area contributed by atoms with E-state index in [1.807, 2.05) is 11.3 Å². The van der Waals surface area contributed by atoms with E-state index in [1.54, 1.807) is 0 Å². The maximum absolute atomic E-state index is 2.40. The van der Waals surface area contributed by atoms with Crippen LogP contribution in [0, 0.1) is 0 Å². The van der Waals surface area contributed by atoms with E-state index in [2.05, 4.69) is 181 Å². The smallest absolute Gasteiger partial charge is 0.0640 e. The third kappa shape index (κ3) is 4.46. The van der Waals surface area contributed by atoms with Crippen molar-refractivity contribution in [2.24, 2.45) is 0 Å². The number of nitrogens with zero attached hydrogens (tertiary/aromatic N) is 1. The van der Waals surface area contributed by atoms with Crippen LogP contribution in [0.15, 0.2) is 176 Å². The highest BCUT2D eigenvalue weighted by Crippen LogP contribution is 2.47. The first-order valence-electron chi connectivity index (χ1n) is 15.7. The summed E-state index contributed by atoms with van der Waals surface area (Å²) in [5.74, 6) is 0. The summed E-state index contributed by atoms with van der Waals surface area (Å²) in [4.78, 5) is 2.40. The normalized spacial score (nSPS) is 11.5. The van der Waals surface area contributed by atoms with Crippen molar-refractivity contribution in [1.82, 2.24) is 0 Å². The Morgan fingerprint density at radius 2 is 1.02 bits per heavy atom. The van der Waals surface area contributed by atoms with E-state index in [1.165, 1.54) is 69.7 Å². The predicted octanol–water partition coefficient (Wildman–Crippen LogP) is 13.2. The van der Waals surface area contributed by atoms with E-state index in [-0.39, 0.29) is 0 Å². The van der Waals surface area contributed by atoms with Crippen molar-refractivity contribution < 1.29 is 0 Å². The van der Waals surface area contributed by atoms with Gasteiger partial charge in [-0.3, -0.25) is 0 Å². The Labute approximate surface area is 272 Å². The zero-order valence-corrected chi connectivity index (χ0v) is 25.9. The minimum Gasteiger partial charge on any atom is -0.309 e. The summed E-state index contributed by atoms with van der Waals surface area (Å²) in [6, 6.07) is 63.8. The Bertz CT molecular complexity index is 2520. The van der Waals surface area contributed by atoms with E-state index in [4.69, 9.17) is 0 Å². The third-order valence-electron chi connectivity index (χ3n) is 9.05. The summed E-state index contributed by atoms with van der Waals surface area (Å²) in [7, 11) is 0. The van der Waals surface area contributed by atoms with E-state index < -0.39 is 0 Å². The van der Waals surface area contributed by atoms with E-state index in [0.717, 1.165) is 11.4 Å². The highest BCUT2D eigenvalue weighted by Gasteiger charge is 2.20. The molecule has 0 bridgehead atoms. The fourth-order valence-electron chi connectivity index (χ4n) is 6.87. The fraction of sp³-hybridized carbons (Fsp3) is 0. The van der Waals surface area contributed by atoms with Gasteiger partial charge < -0.3 is 4.90 Å². The minimum atomic E-state index is 1.13. The summed E-state index contributed by atoms with van der Waals surface area (Å²) in [6.45, 7) is 0. The van der Waals surface area contributed by atoms with Gasteiger partial charge in [-0.15, -0.1) is 11.3 Å². The molecule has 0 amide bonds. The molecule has 8 aromatic carbocycles. The number of hydrogen-bond acceptors (Lipinski definition) is 2. The molecular formula is C44H29NS. The lowest BCUT2D eigenvalue weighted by Gasteiger charge is -2.26. The van der Waals surface area contributed by atoms with Crippen LogP contribution in [-0.4, -0.2) is 0 Å². The highest BCUT2D eigenvalue weighted by atomic mass is 32.1. The van der Waals surface area contributed by atoms with Gasteiger partial charge in [-0.2, -0.15) is 0 Å². The first kappa shape index (κ1) is 26.7. The maximum atomic E-state index is 2.40. The standard InChI is InChI=1S/C44H29NS/c1-2-15-35(16-3-1)45(36-27-25-31(26-28-36)34-24-23-30-11-4-5-13-33(30)29-34)41-21-9-20-40-43-39(19-10-22-42(43)46-44(40)41)38-18-8-14-32-12-6-7-17-37(32)38/h1-29H. The molecule has 1 heterocycles. The van der Waals surface area contributed by atoms with Crippen molar-refractivity contribution in [3.05, 3.63) is 176 Å². The van der Waals surface area contributed by atoms with Gasteiger partial charge >= 0.3 is 0 Å². The van der Waals surface area contributed by atoms with Gasteiger partial charge in [-0.25, -0.2) is 0 Å². The molecule has 1 nitrogen and oxygen atoms in total. The van der Waals surface area contributed by atoms with Gasteiger partial charge in [0.25, 0.3) is 0 Å². The Balaban J connectivity index is 1.21. The first-order chi connectivity index (χ1) is 22.8. The lowest BCUT2D eigenvalue weighted by molar-refractivity contribution is 1.30. The topological polar surface area (TPSA) is 3.24 Å². The van der Waals surface area contributed by atoms with E-state index in [0.29, 0.717) is 0 Å². The lowest BCUT2D eigenvalue weighted by Crippen LogP contribution is -2.09. The monoisotopic (exact) mass is 603 g/mol. The van der Waals surface area contributed by atoms with Crippen molar-refractivity contribution in [1.29, 1.82) is 0 Å². The van der Waals surface area contributed by atoms with Gasteiger partial charge in [0.1, 0.15) is 0 Å². The molecule has 9 aromatic rings. The Hall–Kier alpha value is -5.70. The Morgan fingerprint density at radius 3 is 1.89 bits per heavy atom. The molecule has 46 heavy (non-hydrogen) atoms. The second kappa shape index (κ2) is 11.0. The largest absolute Gasteiger partial charge is 0.309 e. The van der Waals surface area contributed by atoms with Crippen LogP contribution in [0.2, 0.25) is 0 Å². The number of anilines is 3. The fourth-order valence-corrected chi connectivity index (χ4v) is 8.10. The zero-order chi connectivity index (χ0) is 30.5. The second-order valence-corrected chi connectivity index (χ2v) is 12.8. The number of para-hydroxylation sites is 1. The lowest BCUT2D eigenvalue weighted by atomic mass is 9.94. The van der Waals surface area contributed by atoms with Gasteiger partial charge in [0.2, 0.25) is 0 Å². The number of thiophene rings is 1. The van der Waals surface area contributed by atoms with Crippen LogP contribution in [0.4, 0.5) is 17.1 Å². The van der Waals surface area contributed by atoms with E-state index in [9.17, 15) is 0 Å². The van der Waals surface area contributed by atoms with Gasteiger partial charge in [0.05, 0.1) is 10.4 Å². The summed E-state index contributed by atoms with van der Waals surface area (Å²) in [5.41, 5.74) is 8.45. The summed E-state index contributed by atoms with van der Waals surface area (Å²) >= 11 is 1.88. The molecule has 0 fully saturated rings. The number of rotatable bonds is 5.